The van der Waals surface area contributed by atoms with Crippen LogP contribution in [-0.4, -0.2) is 52.9 Å². The third kappa shape index (κ3) is 6.27. The van der Waals surface area contributed by atoms with Crippen LogP contribution in [0.3, 0.4) is 0 Å². The summed E-state index contributed by atoms with van der Waals surface area (Å²) in [5.41, 5.74) is 11.8. The number of nitrogens with zero attached hydrogens (tertiary/aromatic N) is 2. The topological polar surface area (TPSA) is 150 Å². The molecule has 0 saturated carbocycles. The largest absolute Gasteiger partial charge is 0.494 e. The van der Waals surface area contributed by atoms with Gasteiger partial charge in [-0.1, -0.05) is 18.2 Å². The predicted molar refractivity (Wildman–Crippen MR) is 142 cm³/mol. The van der Waals surface area contributed by atoms with Gasteiger partial charge in [-0.25, -0.2) is 0 Å². The van der Waals surface area contributed by atoms with Crippen molar-refractivity contribution < 1.29 is 23.9 Å². The molecule has 3 aromatic rings. The van der Waals surface area contributed by atoms with Crippen LogP contribution >= 0.6 is 22.9 Å². The smallest absolute Gasteiger partial charge is 0.270 e. The van der Waals surface area contributed by atoms with Gasteiger partial charge in [0.15, 0.2) is 5.69 Å². The van der Waals surface area contributed by atoms with Crippen LogP contribution in [0.2, 0.25) is 0 Å². The minimum Gasteiger partial charge on any atom is -0.494 e. The van der Waals surface area contributed by atoms with E-state index in [0.29, 0.717) is 31.1 Å². The Bertz CT molecular complexity index is 1220. The van der Waals surface area contributed by atoms with Crippen molar-refractivity contribution in [3.63, 3.8) is 0 Å². The first kappa shape index (κ1) is 26.6. The lowest BCUT2D eigenvalue weighted by Crippen LogP contribution is -2.45. The minimum atomic E-state index is -0.995. The van der Waals surface area contributed by atoms with Gasteiger partial charge in [-0.3, -0.25) is 14.4 Å². The SMILES string of the molecule is CCOc1ccc([C@@H](C(=O)NC[C@@H]2CCCO2)N(Cc2cccs2)C(=O)c2snc(C(N)=O)c2N)cc1. The van der Waals surface area contributed by atoms with E-state index in [1.807, 2.05) is 24.4 Å². The van der Waals surface area contributed by atoms with Gasteiger partial charge in [0.2, 0.25) is 5.91 Å². The zero-order valence-corrected chi connectivity index (χ0v) is 22.0. The van der Waals surface area contributed by atoms with Crippen molar-refractivity contribution in [2.45, 2.75) is 38.5 Å². The number of carbonyl (C=O) groups is 3. The Labute approximate surface area is 222 Å². The van der Waals surface area contributed by atoms with Crippen LogP contribution < -0.4 is 21.5 Å². The number of primary amides is 1. The Morgan fingerprint density at radius 3 is 2.65 bits per heavy atom. The summed E-state index contributed by atoms with van der Waals surface area (Å²) in [6.45, 7) is 3.53. The molecular weight excluding hydrogens is 514 g/mol. The second kappa shape index (κ2) is 12.2. The molecule has 0 radical (unpaired) electrons. The number of nitrogens with one attached hydrogen (secondary N) is 1. The molecule has 2 atom stereocenters. The van der Waals surface area contributed by atoms with E-state index in [1.165, 1.54) is 16.2 Å². The Hall–Kier alpha value is -3.48. The Kier molecular flexibility index (Phi) is 8.74. The van der Waals surface area contributed by atoms with Crippen molar-refractivity contribution in [2.75, 3.05) is 25.5 Å². The zero-order valence-electron chi connectivity index (χ0n) is 20.3. The normalized spacial score (nSPS) is 15.8. The molecule has 1 aromatic carbocycles. The molecule has 0 unspecified atom stereocenters. The van der Waals surface area contributed by atoms with E-state index < -0.39 is 17.9 Å². The second-order valence-corrected chi connectivity index (χ2v) is 10.2. The van der Waals surface area contributed by atoms with Gasteiger partial charge in [0.25, 0.3) is 11.8 Å². The molecule has 3 amide bonds. The summed E-state index contributed by atoms with van der Waals surface area (Å²) in [5.74, 6) is -1.06. The second-order valence-electron chi connectivity index (χ2n) is 8.44. The minimum absolute atomic E-state index is 0.0493. The summed E-state index contributed by atoms with van der Waals surface area (Å²) in [7, 11) is 0. The van der Waals surface area contributed by atoms with Gasteiger partial charge < -0.3 is 31.2 Å². The first-order valence-electron chi connectivity index (χ1n) is 11.9. The number of rotatable bonds is 11. The molecule has 3 heterocycles. The number of aromatic nitrogens is 1. The predicted octanol–water partition coefficient (Wildman–Crippen LogP) is 2.96. The fraction of sp³-hybridized carbons (Fsp3) is 0.360. The van der Waals surface area contributed by atoms with Crippen LogP contribution in [0.5, 0.6) is 5.75 Å². The lowest BCUT2D eigenvalue weighted by Gasteiger charge is -2.31. The van der Waals surface area contributed by atoms with Crippen LogP contribution in [0.25, 0.3) is 0 Å². The maximum atomic E-state index is 13.9. The number of thiophene rings is 1. The summed E-state index contributed by atoms with van der Waals surface area (Å²) in [5, 5.41) is 4.86. The molecule has 196 valence electrons. The van der Waals surface area contributed by atoms with Crippen molar-refractivity contribution in [2.24, 2.45) is 5.73 Å². The fourth-order valence-corrected chi connectivity index (χ4v) is 5.58. The number of nitrogen functional groups attached to an aromatic ring is 1. The van der Waals surface area contributed by atoms with E-state index >= 15 is 0 Å². The molecule has 2 aromatic heterocycles. The van der Waals surface area contributed by atoms with Gasteiger partial charge in [0, 0.05) is 18.0 Å². The van der Waals surface area contributed by atoms with E-state index in [1.54, 1.807) is 24.3 Å². The first-order chi connectivity index (χ1) is 17.9. The molecule has 5 N–H and O–H groups in total. The van der Waals surface area contributed by atoms with Crippen molar-refractivity contribution >= 4 is 46.3 Å². The molecule has 10 nitrogen and oxygen atoms in total. The van der Waals surface area contributed by atoms with E-state index in [0.717, 1.165) is 29.3 Å². The summed E-state index contributed by atoms with van der Waals surface area (Å²) in [6, 6.07) is 9.82. The van der Waals surface area contributed by atoms with Gasteiger partial charge >= 0.3 is 0 Å². The van der Waals surface area contributed by atoms with E-state index in [2.05, 4.69) is 9.69 Å². The van der Waals surface area contributed by atoms with Crippen LogP contribution in [0.15, 0.2) is 41.8 Å². The van der Waals surface area contributed by atoms with Gasteiger partial charge in [0.05, 0.1) is 24.9 Å². The highest BCUT2D eigenvalue weighted by Crippen LogP contribution is 2.32. The monoisotopic (exact) mass is 543 g/mol. The summed E-state index contributed by atoms with van der Waals surface area (Å²) in [4.78, 5) is 41.7. The van der Waals surface area contributed by atoms with Crippen LogP contribution in [0.4, 0.5) is 5.69 Å². The molecule has 0 bridgehead atoms. The number of benzene rings is 1. The zero-order chi connectivity index (χ0) is 26.4. The van der Waals surface area contributed by atoms with Crippen LogP contribution in [-0.2, 0) is 16.1 Å². The highest BCUT2D eigenvalue weighted by atomic mass is 32.1. The van der Waals surface area contributed by atoms with Gasteiger partial charge in [-0.05, 0) is 60.4 Å². The summed E-state index contributed by atoms with van der Waals surface area (Å²) < 4.78 is 15.2. The maximum absolute atomic E-state index is 13.9. The lowest BCUT2D eigenvalue weighted by atomic mass is 10.0. The number of hydrogen-bond acceptors (Lipinski definition) is 9. The molecule has 4 rings (SSSR count). The third-order valence-corrected chi connectivity index (χ3v) is 7.63. The number of nitrogens with two attached hydrogens (primary N) is 2. The number of ether oxygens (including phenoxy) is 2. The molecular formula is C25H29N5O5S2. The van der Waals surface area contributed by atoms with Crippen molar-refractivity contribution in [1.29, 1.82) is 0 Å². The van der Waals surface area contributed by atoms with Crippen molar-refractivity contribution in [3.8, 4) is 5.75 Å². The highest BCUT2D eigenvalue weighted by Gasteiger charge is 2.35. The molecule has 0 spiro atoms. The number of carbonyl (C=O) groups excluding carboxylic acids is 3. The summed E-state index contributed by atoms with van der Waals surface area (Å²) >= 11 is 2.25. The number of hydrogen-bond donors (Lipinski definition) is 3. The summed E-state index contributed by atoms with van der Waals surface area (Å²) in [6.07, 6.45) is 1.74. The highest BCUT2D eigenvalue weighted by molar-refractivity contribution is 7.10. The van der Waals surface area contributed by atoms with Gasteiger partial charge in [-0.15, -0.1) is 11.3 Å². The van der Waals surface area contributed by atoms with E-state index in [-0.39, 0.29) is 34.8 Å². The Morgan fingerprint density at radius 2 is 2.05 bits per heavy atom. The fourth-order valence-electron chi connectivity index (χ4n) is 4.11. The molecule has 1 aliphatic rings. The molecule has 37 heavy (non-hydrogen) atoms. The Morgan fingerprint density at radius 1 is 1.27 bits per heavy atom. The van der Waals surface area contributed by atoms with E-state index in [9.17, 15) is 14.4 Å². The van der Waals surface area contributed by atoms with Crippen LogP contribution in [0.1, 0.15) is 56.4 Å². The average Bonchev–Trinajstić information content (AvgIpc) is 3.66. The van der Waals surface area contributed by atoms with E-state index in [4.69, 9.17) is 20.9 Å². The number of anilines is 1. The quantitative estimate of drug-likeness (QED) is 0.336. The van der Waals surface area contributed by atoms with Gasteiger partial charge in [-0.2, -0.15) is 4.37 Å². The molecule has 1 aliphatic heterocycles. The Balaban J connectivity index is 1.72. The molecule has 1 saturated heterocycles. The van der Waals surface area contributed by atoms with Gasteiger partial charge in [0.1, 0.15) is 16.7 Å². The molecule has 12 heteroatoms. The molecule has 0 aliphatic carbocycles. The standard InChI is InChI=1S/C25H29N5O5S2/c1-2-34-16-9-7-15(8-10-16)21(24(32)28-13-17-5-3-11-35-17)30(14-18-6-4-12-36-18)25(33)22-19(26)20(23(27)31)29-37-22/h4,6-10,12,17,21H,2-3,5,11,13-14,26H2,1H3,(H2,27,31)(H,28,32)/t17-,21-/m0/s1. The maximum Gasteiger partial charge on any atom is 0.270 e. The van der Waals surface area contributed by atoms with Crippen molar-refractivity contribution in [3.05, 3.63) is 62.8 Å². The van der Waals surface area contributed by atoms with Crippen LogP contribution in [0, 0.1) is 0 Å². The number of amides is 3. The van der Waals surface area contributed by atoms with Crippen molar-refractivity contribution in [1.82, 2.24) is 14.6 Å². The molecule has 1 fully saturated rings. The first-order valence-corrected chi connectivity index (χ1v) is 13.5. The average molecular weight is 544 g/mol. The lowest BCUT2D eigenvalue weighted by molar-refractivity contribution is -0.126. The third-order valence-electron chi connectivity index (χ3n) is 5.92.